The zero-order valence-electron chi connectivity index (χ0n) is 10.8. The van der Waals surface area contributed by atoms with Crippen molar-refractivity contribution in [2.45, 2.75) is 13.1 Å². The molecule has 0 atom stereocenters. The first-order valence-electron chi connectivity index (χ1n) is 5.92. The molecule has 106 valence electrons. The van der Waals surface area contributed by atoms with E-state index < -0.39 is 5.97 Å². The fourth-order valence-corrected chi connectivity index (χ4v) is 2.07. The van der Waals surface area contributed by atoms with Crippen LogP contribution in [0.1, 0.15) is 21.9 Å². The summed E-state index contributed by atoms with van der Waals surface area (Å²) >= 11 is 3.36. The van der Waals surface area contributed by atoms with Crippen molar-refractivity contribution in [3.05, 3.63) is 57.7 Å². The topological polar surface area (TPSA) is 51.5 Å². The molecule has 0 amide bonds. The largest absolute Gasteiger partial charge is 0.463 e. The van der Waals surface area contributed by atoms with Gasteiger partial charge in [0, 0.05) is 11.0 Å². The maximum Gasteiger partial charge on any atom is 0.373 e. The first-order chi connectivity index (χ1) is 9.60. The Bertz CT molecular complexity index is 612. The zero-order chi connectivity index (χ0) is 14.5. The van der Waals surface area contributed by atoms with E-state index in [2.05, 4.69) is 26.0 Å². The Morgan fingerprint density at radius 1 is 1.35 bits per heavy atom. The standard InChI is InChI=1S/C14H13BrFNO3/c1-19-14(18)13-5-3-11(20-13)8-17-7-9-6-10(16)2-4-12(9)15/h2-6,17H,7-8H2,1H3. The third kappa shape index (κ3) is 3.68. The molecule has 0 fully saturated rings. The van der Waals surface area contributed by atoms with Gasteiger partial charge in [0.05, 0.1) is 13.7 Å². The minimum absolute atomic E-state index is 0.163. The van der Waals surface area contributed by atoms with E-state index in [-0.39, 0.29) is 11.6 Å². The van der Waals surface area contributed by atoms with Gasteiger partial charge in [-0.3, -0.25) is 0 Å². The minimum atomic E-state index is -0.510. The highest BCUT2D eigenvalue weighted by Crippen LogP contribution is 2.18. The summed E-state index contributed by atoms with van der Waals surface area (Å²) in [5.74, 6) is -0.0192. The third-order valence-corrected chi connectivity index (χ3v) is 3.44. The SMILES string of the molecule is COC(=O)c1ccc(CNCc2cc(F)ccc2Br)o1. The summed E-state index contributed by atoms with van der Waals surface area (Å²) < 4.78 is 23.8. The lowest BCUT2D eigenvalue weighted by Gasteiger charge is -2.05. The normalized spacial score (nSPS) is 10.6. The van der Waals surface area contributed by atoms with Gasteiger partial charge in [-0.15, -0.1) is 0 Å². The molecule has 0 aliphatic carbocycles. The summed E-state index contributed by atoms with van der Waals surface area (Å²) in [5, 5.41) is 3.11. The van der Waals surface area contributed by atoms with E-state index in [1.54, 1.807) is 18.2 Å². The lowest BCUT2D eigenvalue weighted by atomic mass is 10.2. The second kappa shape index (κ2) is 6.67. The summed E-state index contributed by atoms with van der Waals surface area (Å²) in [4.78, 5) is 11.2. The second-order valence-corrected chi connectivity index (χ2v) is 4.95. The van der Waals surface area contributed by atoms with Crippen LogP contribution in [-0.2, 0) is 17.8 Å². The highest BCUT2D eigenvalue weighted by molar-refractivity contribution is 9.10. The number of methoxy groups -OCH3 is 1. The first-order valence-corrected chi connectivity index (χ1v) is 6.71. The van der Waals surface area contributed by atoms with Crippen molar-refractivity contribution in [3.8, 4) is 0 Å². The first kappa shape index (κ1) is 14.7. The number of carbonyl (C=O) groups excluding carboxylic acids is 1. The van der Waals surface area contributed by atoms with Crippen LogP contribution in [0.3, 0.4) is 0 Å². The molecule has 2 rings (SSSR count). The number of hydrogen-bond donors (Lipinski definition) is 1. The van der Waals surface area contributed by atoms with Crippen molar-refractivity contribution >= 4 is 21.9 Å². The second-order valence-electron chi connectivity index (χ2n) is 4.10. The summed E-state index contributed by atoms with van der Waals surface area (Å²) in [6.45, 7) is 0.909. The lowest BCUT2D eigenvalue weighted by molar-refractivity contribution is 0.0563. The van der Waals surface area contributed by atoms with Crippen molar-refractivity contribution in [2.75, 3.05) is 7.11 Å². The number of furan rings is 1. The van der Waals surface area contributed by atoms with Gasteiger partial charge in [-0.1, -0.05) is 15.9 Å². The minimum Gasteiger partial charge on any atom is -0.463 e. The van der Waals surface area contributed by atoms with Crippen LogP contribution in [0.15, 0.2) is 39.2 Å². The Morgan fingerprint density at radius 2 is 2.15 bits per heavy atom. The van der Waals surface area contributed by atoms with Crippen LogP contribution in [0, 0.1) is 5.82 Å². The van der Waals surface area contributed by atoms with E-state index in [1.165, 1.54) is 19.2 Å². The quantitative estimate of drug-likeness (QED) is 0.848. The molecule has 0 aliphatic heterocycles. The molecule has 1 aromatic heterocycles. The molecule has 0 unspecified atom stereocenters. The van der Waals surface area contributed by atoms with Gasteiger partial charge in [-0.2, -0.15) is 0 Å². The van der Waals surface area contributed by atoms with Gasteiger partial charge < -0.3 is 14.5 Å². The molecular formula is C14H13BrFNO3. The van der Waals surface area contributed by atoms with E-state index in [1.807, 2.05) is 0 Å². The average molecular weight is 342 g/mol. The fourth-order valence-electron chi connectivity index (χ4n) is 1.68. The highest BCUT2D eigenvalue weighted by Gasteiger charge is 2.10. The summed E-state index contributed by atoms with van der Waals surface area (Å²) in [6.07, 6.45) is 0. The van der Waals surface area contributed by atoms with Crippen molar-refractivity contribution in [3.63, 3.8) is 0 Å². The molecule has 0 saturated carbocycles. The molecule has 0 aliphatic rings. The van der Waals surface area contributed by atoms with Crippen LogP contribution in [0.2, 0.25) is 0 Å². The van der Waals surface area contributed by atoms with Gasteiger partial charge in [0.15, 0.2) is 0 Å². The Hall–Kier alpha value is -1.66. The Morgan fingerprint density at radius 3 is 2.90 bits per heavy atom. The predicted octanol–water partition coefficient (Wildman–Crippen LogP) is 3.26. The van der Waals surface area contributed by atoms with Crippen LogP contribution in [0.25, 0.3) is 0 Å². The summed E-state index contributed by atoms with van der Waals surface area (Å²) in [6, 6.07) is 7.76. The Labute approximate surface area is 124 Å². The zero-order valence-corrected chi connectivity index (χ0v) is 12.4. The fraction of sp³-hybridized carbons (Fsp3) is 0.214. The van der Waals surface area contributed by atoms with E-state index in [4.69, 9.17) is 4.42 Å². The molecule has 1 aromatic carbocycles. The van der Waals surface area contributed by atoms with Gasteiger partial charge in [0.2, 0.25) is 5.76 Å². The predicted molar refractivity (Wildman–Crippen MR) is 74.7 cm³/mol. The van der Waals surface area contributed by atoms with Gasteiger partial charge in [-0.25, -0.2) is 9.18 Å². The van der Waals surface area contributed by atoms with Gasteiger partial charge in [0.25, 0.3) is 0 Å². The third-order valence-electron chi connectivity index (χ3n) is 2.67. The molecule has 1 N–H and O–H groups in total. The lowest BCUT2D eigenvalue weighted by Crippen LogP contribution is -2.12. The van der Waals surface area contributed by atoms with Crippen LogP contribution in [0.5, 0.6) is 0 Å². The van der Waals surface area contributed by atoms with E-state index in [0.29, 0.717) is 18.8 Å². The summed E-state index contributed by atoms with van der Waals surface area (Å²) in [7, 11) is 1.30. The Balaban J connectivity index is 1.91. The number of benzene rings is 1. The molecular weight excluding hydrogens is 329 g/mol. The van der Waals surface area contributed by atoms with Crippen molar-refractivity contribution < 1.29 is 18.3 Å². The number of ether oxygens (including phenoxy) is 1. The van der Waals surface area contributed by atoms with Gasteiger partial charge in [-0.05, 0) is 35.9 Å². The smallest absolute Gasteiger partial charge is 0.373 e. The number of esters is 1. The number of rotatable bonds is 5. The molecule has 20 heavy (non-hydrogen) atoms. The highest BCUT2D eigenvalue weighted by atomic mass is 79.9. The van der Waals surface area contributed by atoms with Crippen LogP contribution >= 0.6 is 15.9 Å². The molecule has 0 radical (unpaired) electrons. The van der Waals surface area contributed by atoms with E-state index >= 15 is 0 Å². The molecule has 0 bridgehead atoms. The van der Waals surface area contributed by atoms with Crippen LogP contribution in [-0.4, -0.2) is 13.1 Å². The van der Waals surface area contributed by atoms with Crippen LogP contribution < -0.4 is 5.32 Å². The Kier molecular flexibility index (Phi) is 4.92. The molecule has 0 spiro atoms. The van der Waals surface area contributed by atoms with E-state index in [0.717, 1.165) is 10.0 Å². The van der Waals surface area contributed by atoms with Crippen molar-refractivity contribution in [1.29, 1.82) is 0 Å². The molecule has 2 aromatic rings. The number of halogens is 2. The van der Waals surface area contributed by atoms with Gasteiger partial charge in [0.1, 0.15) is 11.6 Å². The number of carbonyl (C=O) groups is 1. The van der Waals surface area contributed by atoms with Gasteiger partial charge >= 0.3 is 5.97 Å². The summed E-state index contributed by atoms with van der Waals surface area (Å²) in [5.41, 5.74) is 0.810. The molecule has 1 heterocycles. The number of nitrogens with one attached hydrogen (secondary N) is 1. The van der Waals surface area contributed by atoms with E-state index in [9.17, 15) is 9.18 Å². The monoisotopic (exact) mass is 341 g/mol. The maximum absolute atomic E-state index is 13.1. The van der Waals surface area contributed by atoms with Crippen molar-refractivity contribution in [2.24, 2.45) is 0 Å². The molecule has 6 heteroatoms. The number of hydrogen-bond acceptors (Lipinski definition) is 4. The van der Waals surface area contributed by atoms with Crippen molar-refractivity contribution in [1.82, 2.24) is 5.32 Å². The molecule has 0 saturated heterocycles. The molecule has 4 nitrogen and oxygen atoms in total. The average Bonchev–Trinajstić information content (AvgIpc) is 2.90. The maximum atomic E-state index is 13.1. The van der Waals surface area contributed by atoms with Crippen LogP contribution in [0.4, 0.5) is 4.39 Å².